The average molecular weight is 408 g/mol. The molecule has 152 valence electrons. The fourth-order valence-corrected chi connectivity index (χ4v) is 3.94. The summed E-state index contributed by atoms with van der Waals surface area (Å²) in [5, 5.41) is 0. The summed E-state index contributed by atoms with van der Waals surface area (Å²) >= 11 is 0. The van der Waals surface area contributed by atoms with E-state index in [1.807, 2.05) is 97.1 Å². The predicted octanol–water partition coefficient (Wildman–Crippen LogP) is 5.34. The molecule has 4 aromatic rings. The van der Waals surface area contributed by atoms with Gasteiger partial charge in [0.1, 0.15) is 11.5 Å². The van der Waals surface area contributed by atoms with E-state index in [1.54, 1.807) is 24.3 Å². The maximum absolute atomic E-state index is 13.3. The number of carbonyl (C=O) groups is 1. The van der Waals surface area contributed by atoms with E-state index >= 15 is 0 Å². The molecule has 0 N–H and O–H groups in total. The van der Waals surface area contributed by atoms with Crippen molar-refractivity contribution in [2.45, 2.75) is 11.4 Å². The molecule has 0 amide bonds. The van der Waals surface area contributed by atoms with E-state index in [4.69, 9.17) is 14.2 Å². The fourth-order valence-electron chi connectivity index (χ4n) is 3.94. The van der Waals surface area contributed by atoms with E-state index in [2.05, 4.69) is 0 Å². The Bertz CT molecular complexity index is 1080. The summed E-state index contributed by atoms with van der Waals surface area (Å²) < 4.78 is 18.7. The lowest BCUT2D eigenvalue weighted by atomic mass is 9.74. The van der Waals surface area contributed by atoms with Crippen molar-refractivity contribution >= 4 is 5.97 Å². The van der Waals surface area contributed by atoms with Gasteiger partial charge < -0.3 is 14.2 Å². The van der Waals surface area contributed by atoms with Crippen molar-refractivity contribution in [3.63, 3.8) is 0 Å². The Morgan fingerprint density at radius 1 is 0.516 bits per heavy atom. The Balaban J connectivity index is 1.74. The van der Waals surface area contributed by atoms with Crippen molar-refractivity contribution in [1.29, 1.82) is 0 Å². The van der Waals surface area contributed by atoms with Crippen LogP contribution in [0.5, 0.6) is 11.5 Å². The van der Waals surface area contributed by atoms with E-state index in [0.29, 0.717) is 11.5 Å². The molecule has 1 fully saturated rings. The molecule has 31 heavy (non-hydrogen) atoms. The van der Waals surface area contributed by atoms with Gasteiger partial charge in [-0.1, -0.05) is 97.1 Å². The van der Waals surface area contributed by atoms with Crippen molar-refractivity contribution in [2.24, 2.45) is 0 Å². The lowest BCUT2D eigenvalue weighted by Crippen LogP contribution is -2.76. The number of esters is 1. The second-order valence-electron chi connectivity index (χ2n) is 7.25. The van der Waals surface area contributed by atoms with Gasteiger partial charge >= 0.3 is 11.8 Å². The van der Waals surface area contributed by atoms with Crippen LogP contribution >= 0.6 is 0 Å². The first-order valence-corrected chi connectivity index (χ1v) is 10.1. The molecule has 4 nitrogen and oxygen atoms in total. The van der Waals surface area contributed by atoms with E-state index < -0.39 is 17.4 Å². The highest BCUT2D eigenvalue weighted by Crippen LogP contribution is 2.54. The first kappa shape index (κ1) is 18.9. The smallest absolute Gasteiger partial charge is 0.401 e. The number of ether oxygens (including phenoxy) is 3. The average Bonchev–Trinajstić information content (AvgIpc) is 2.84. The van der Waals surface area contributed by atoms with E-state index in [1.165, 1.54) is 0 Å². The van der Waals surface area contributed by atoms with Crippen LogP contribution in [-0.2, 0) is 15.1 Å². The maximum atomic E-state index is 13.3. The summed E-state index contributed by atoms with van der Waals surface area (Å²) in [5.41, 5.74) is 0.221. The SMILES string of the molecule is O=C1OC(c2ccccc2)(c2ccccc2)C1(Oc1ccccc1)Oc1ccccc1. The highest BCUT2D eigenvalue weighted by Gasteiger charge is 2.77. The molecule has 0 unspecified atom stereocenters. The van der Waals surface area contributed by atoms with Crippen LogP contribution < -0.4 is 9.47 Å². The van der Waals surface area contributed by atoms with Crippen LogP contribution in [0.4, 0.5) is 0 Å². The van der Waals surface area contributed by atoms with Gasteiger partial charge in [0, 0.05) is 11.1 Å². The number of rotatable bonds is 6. The molecule has 4 heteroatoms. The van der Waals surface area contributed by atoms with Crippen LogP contribution in [0.25, 0.3) is 0 Å². The summed E-state index contributed by atoms with van der Waals surface area (Å²) in [7, 11) is 0. The van der Waals surface area contributed by atoms with Gasteiger partial charge in [-0.15, -0.1) is 0 Å². The minimum Gasteiger partial charge on any atom is -0.440 e. The number of hydrogen-bond donors (Lipinski definition) is 0. The molecule has 0 atom stereocenters. The lowest BCUT2D eigenvalue weighted by molar-refractivity contribution is -0.311. The minimum atomic E-state index is -1.75. The number of cyclic esters (lactones) is 1. The Kier molecular flexibility index (Phi) is 4.68. The third-order valence-electron chi connectivity index (χ3n) is 5.35. The molecule has 0 aromatic heterocycles. The minimum absolute atomic E-state index is 0.506. The van der Waals surface area contributed by atoms with Crippen molar-refractivity contribution in [3.05, 3.63) is 132 Å². The Morgan fingerprint density at radius 2 is 0.871 bits per heavy atom. The number of hydrogen-bond acceptors (Lipinski definition) is 4. The summed E-state index contributed by atoms with van der Waals surface area (Å²) in [5.74, 6) is -1.33. The molecule has 5 rings (SSSR count). The van der Waals surface area contributed by atoms with Crippen LogP contribution in [0, 0.1) is 0 Å². The third kappa shape index (κ3) is 3.04. The van der Waals surface area contributed by atoms with Gasteiger partial charge in [-0.05, 0) is 24.3 Å². The van der Waals surface area contributed by atoms with Crippen molar-refractivity contribution in [1.82, 2.24) is 0 Å². The molecule has 1 saturated heterocycles. The van der Waals surface area contributed by atoms with Crippen LogP contribution in [0.2, 0.25) is 0 Å². The second kappa shape index (κ2) is 7.65. The van der Waals surface area contributed by atoms with Gasteiger partial charge in [-0.2, -0.15) is 0 Å². The largest absolute Gasteiger partial charge is 0.440 e. The third-order valence-corrected chi connectivity index (χ3v) is 5.35. The molecular formula is C27H20O4. The zero-order valence-electron chi connectivity index (χ0n) is 16.7. The topological polar surface area (TPSA) is 44.8 Å². The molecule has 1 heterocycles. The van der Waals surface area contributed by atoms with E-state index in [9.17, 15) is 4.79 Å². The van der Waals surface area contributed by atoms with Gasteiger partial charge in [0.25, 0.3) is 5.60 Å². The van der Waals surface area contributed by atoms with E-state index in [-0.39, 0.29) is 0 Å². The summed E-state index contributed by atoms with van der Waals surface area (Å²) in [4.78, 5) is 13.3. The van der Waals surface area contributed by atoms with E-state index in [0.717, 1.165) is 11.1 Å². The Labute approximate surface area is 180 Å². The van der Waals surface area contributed by atoms with Gasteiger partial charge in [0.2, 0.25) is 0 Å². The Hall–Kier alpha value is -4.05. The zero-order valence-corrected chi connectivity index (χ0v) is 16.7. The molecule has 0 aliphatic carbocycles. The number of para-hydroxylation sites is 2. The van der Waals surface area contributed by atoms with Crippen LogP contribution in [-0.4, -0.2) is 11.8 Å². The van der Waals surface area contributed by atoms with Crippen molar-refractivity contribution in [2.75, 3.05) is 0 Å². The molecule has 0 spiro atoms. The normalized spacial score (nSPS) is 15.9. The first-order valence-electron chi connectivity index (χ1n) is 10.1. The van der Waals surface area contributed by atoms with Crippen molar-refractivity contribution < 1.29 is 19.0 Å². The molecule has 1 aliphatic rings. The maximum Gasteiger partial charge on any atom is 0.401 e. The van der Waals surface area contributed by atoms with Crippen molar-refractivity contribution in [3.8, 4) is 11.5 Å². The Morgan fingerprint density at radius 3 is 1.23 bits per heavy atom. The second-order valence-corrected chi connectivity index (χ2v) is 7.25. The standard InChI is InChI=1S/C27H20O4/c28-25-27(29-23-17-9-3-10-18-23,30-24-19-11-4-12-20-24)26(31-25,21-13-5-1-6-14-21)22-15-7-2-8-16-22/h1-20H. The predicted molar refractivity (Wildman–Crippen MR) is 117 cm³/mol. The summed E-state index contributed by atoms with van der Waals surface area (Å²) in [6, 6.07) is 37.5. The van der Waals surface area contributed by atoms with Gasteiger partial charge in [-0.3, -0.25) is 0 Å². The molecule has 0 saturated carbocycles. The molecule has 0 radical (unpaired) electrons. The molecule has 4 aromatic carbocycles. The van der Waals surface area contributed by atoms with Crippen LogP contribution in [0.1, 0.15) is 11.1 Å². The lowest BCUT2D eigenvalue weighted by Gasteiger charge is -2.54. The highest BCUT2D eigenvalue weighted by atomic mass is 16.8. The number of benzene rings is 4. The van der Waals surface area contributed by atoms with Gasteiger partial charge in [-0.25, -0.2) is 4.79 Å². The summed E-state index contributed by atoms with van der Waals surface area (Å²) in [6.07, 6.45) is 0. The number of carbonyl (C=O) groups excluding carboxylic acids is 1. The highest BCUT2D eigenvalue weighted by molar-refractivity contribution is 5.90. The van der Waals surface area contributed by atoms with Gasteiger partial charge in [0.05, 0.1) is 0 Å². The molecule has 0 bridgehead atoms. The van der Waals surface area contributed by atoms with Crippen LogP contribution in [0.15, 0.2) is 121 Å². The monoisotopic (exact) mass is 408 g/mol. The first-order chi connectivity index (χ1) is 15.2. The molecule has 1 aliphatic heterocycles. The van der Waals surface area contributed by atoms with Crippen LogP contribution in [0.3, 0.4) is 0 Å². The zero-order chi connectivity index (χ0) is 21.2. The quantitative estimate of drug-likeness (QED) is 0.319. The molecular weight excluding hydrogens is 388 g/mol. The van der Waals surface area contributed by atoms with Gasteiger partial charge in [0.15, 0.2) is 0 Å². The summed E-state index contributed by atoms with van der Waals surface area (Å²) in [6.45, 7) is 0. The fraction of sp³-hybridized carbons (Fsp3) is 0.0741.